The summed E-state index contributed by atoms with van der Waals surface area (Å²) in [6.45, 7) is 6.44. The van der Waals surface area contributed by atoms with Gasteiger partial charge in [0.2, 0.25) is 5.91 Å². The van der Waals surface area contributed by atoms with E-state index in [1.165, 1.54) is 20.0 Å². The molecule has 1 N–H and O–H groups in total. The molecular formula is C15H21N3O6. The molecule has 0 spiro atoms. The van der Waals surface area contributed by atoms with Gasteiger partial charge in [0.15, 0.2) is 12.0 Å². The van der Waals surface area contributed by atoms with E-state index < -0.39 is 36.3 Å². The minimum atomic E-state index is -0.777. The van der Waals surface area contributed by atoms with Crippen molar-refractivity contribution in [1.82, 2.24) is 9.55 Å². The summed E-state index contributed by atoms with van der Waals surface area (Å²) in [6.07, 6.45) is 1.25. The molecule has 4 atom stereocenters. The van der Waals surface area contributed by atoms with Gasteiger partial charge in [0.25, 0.3) is 0 Å². The van der Waals surface area contributed by atoms with E-state index in [1.54, 1.807) is 10.9 Å². The molecule has 9 nitrogen and oxygen atoms in total. The second kappa shape index (κ2) is 6.15. The summed E-state index contributed by atoms with van der Waals surface area (Å²) in [6, 6.07) is 0. The molecule has 132 valence electrons. The molecule has 0 saturated carbocycles. The average molecular weight is 339 g/mol. The number of carbonyl (C=O) groups excluding carboxylic acids is 2. The smallest absolute Gasteiger partial charge is 0.302 e. The van der Waals surface area contributed by atoms with E-state index >= 15 is 0 Å². The van der Waals surface area contributed by atoms with Crippen LogP contribution in [0, 0.1) is 0 Å². The number of imidazole rings is 1. The summed E-state index contributed by atoms with van der Waals surface area (Å²) in [5.41, 5.74) is 0. The van der Waals surface area contributed by atoms with E-state index in [1.807, 2.05) is 13.8 Å². The van der Waals surface area contributed by atoms with Gasteiger partial charge in [-0.25, -0.2) is 4.98 Å². The number of esters is 1. The summed E-state index contributed by atoms with van der Waals surface area (Å²) in [7, 11) is 0. The number of aromatic nitrogens is 2. The Morgan fingerprint density at radius 1 is 1.33 bits per heavy atom. The van der Waals surface area contributed by atoms with Crippen molar-refractivity contribution in [2.75, 3.05) is 11.9 Å². The molecule has 3 heterocycles. The van der Waals surface area contributed by atoms with Crippen LogP contribution in [0.15, 0.2) is 12.5 Å². The Hall–Kier alpha value is -1.97. The van der Waals surface area contributed by atoms with E-state index in [2.05, 4.69) is 10.3 Å². The number of ether oxygens (including phenoxy) is 4. The first-order valence-corrected chi connectivity index (χ1v) is 7.71. The van der Waals surface area contributed by atoms with Crippen molar-refractivity contribution >= 4 is 17.7 Å². The molecule has 0 unspecified atom stereocenters. The van der Waals surface area contributed by atoms with Gasteiger partial charge in [-0.1, -0.05) is 0 Å². The van der Waals surface area contributed by atoms with E-state index in [0.717, 1.165) is 0 Å². The Morgan fingerprint density at radius 3 is 2.71 bits per heavy atom. The highest BCUT2D eigenvalue weighted by molar-refractivity contribution is 5.87. The predicted octanol–water partition coefficient (Wildman–Crippen LogP) is 0.822. The maximum absolute atomic E-state index is 11.3. The van der Waals surface area contributed by atoms with Gasteiger partial charge in [0.05, 0.1) is 12.5 Å². The lowest BCUT2D eigenvalue weighted by atomic mass is 10.1. The highest BCUT2D eigenvalue weighted by Gasteiger charge is 2.56. The number of carbonyl (C=O) groups is 2. The van der Waals surface area contributed by atoms with Gasteiger partial charge >= 0.3 is 5.97 Å². The molecular weight excluding hydrogens is 318 g/mol. The third kappa shape index (κ3) is 3.28. The summed E-state index contributed by atoms with van der Waals surface area (Å²) >= 11 is 0. The molecule has 1 amide bonds. The Labute approximate surface area is 139 Å². The zero-order valence-corrected chi connectivity index (χ0v) is 14.0. The van der Waals surface area contributed by atoms with E-state index in [4.69, 9.17) is 18.9 Å². The zero-order valence-electron chi connectivity index (χ0n) is 14.0. The number of nitrogens with one attached hydrogen (secondary N) is 1. The fourth-order valence-corrected chi connectivity index (χ4v) is 3.00. The van der Waals surface area contributed by atoms with E-state index in [9.17, 15) is 9.59 Å². The Kier molecular flexibility index (Phi) is 4.33. The van der Waals surface area contributed by atoms with Crippen LogP contribution in [0.25, 0.3) is 0 Å². The first-order chi connectivity index (χ1) is 11.3. The van der Waals surface area contributed by atoms with Crippen molar-refractivity contribution < 1.29 is 28.5 Å². The second-order valence-corrected chi connectivity index (χ2v) is 6.30. The van der Waals surface area contributed by atoms with Gasteiger partial charge in [-0.2, -0.15) is 0 Å². The molecule has 24 heavy (non-hydrogen) atoms. The van der Waals surface area contributed by atoms with Gasteiger partial charge in [0.1, 0.15) is 30.7 Å². The molecule has 2 fully saturated rings. The highest BCUT2D eigenvalue weighted by Crippen LogP contribution is 2.43. The number of anilines is 1. The summed E-state index contributed by atoms with van der Waals surface area (Å²) in [4.78, 5) is 26.5. The maximum atomic E-state index is 11.3. The molecule has 3 rings (SSSR count). The molecule has 2 saturated heterocycles. The standard InChI is InChI=1S/C15H21N3O6/c1-8(19)17-11-5-16-7-18(11)14-13-12(23-15(3,4)24-13)10(22-14)6-21-9(2)20/h5,7,10,12-14H,6H2,1-4H3,(H,17,19)/t10-,12-,13-,14-/m1/s1. The lowest BCUT2D eigenvalue weighted by molar-refractivity contribution is -0.202. The molecule has 2 aliphatic rings. The predicted molar refractivity (Wildman–Crippen MR) is 80.9 cm³/mol. The van der Waals surface area contributed by atoms with Gasteiger partial charge < -0.3 is 24.3 Å². The van der Waals surface area contributed by atoms with Crippen molar-refractivity contribution in [2.45, 2.75) is 58.0 Å². The van der Waals surface area contributed by atoms with Crippen molar-refractivity contribution in [3.63, 3.8) is 0 Å². The molecule has 9 heteroatoms. The molecule has 2 aliphatic heterocycles. The third-order valence-electron chi connectivity index (χ3n) is 3.82. The second-order valence-electron chi connectivity index (χ2n) is 6.30. The molecule has 0 radical (unpaired) electrons. The van der Waals surface area contributed by atoms with Crippen LogP contribution in [0.1, 0.15) is 33.9 Å². The lowest BCUT2D eigenvalue weighted by Crippen LogP contribution is -2.33. The average Bonchev–Trinajstić information content (AvgIpc) is 3.09. The van der Waals surface area contributed by atoms with Crippen molar-refractivity contribution in [2.24, 2.45) is 0 Å². The van der Waals surface area contributed by atoms with Gasteiger partial charge in [0, 0.05) is 13.8 Å². The minimum Gasteiger partial charge on any atom is -0.463 e. The fraction of sp³-hybridized carbons (Fsp3) is 0.667. The zero-order chi connectivity index (χ0) is 17.5. The van der Waals surface area contributed by atoms with Crippen molar-refractivity contribution in [3.8, 4) is 0 Å². The number of nitrogens with zero attached hydrogens (tertiary/aromatic N) is 2. The van der Waals surface area contributed by atoms with Crippen LogP contribution in [-0.2, 0) is 28.5 Å². The highest BCUT2D eigenvalue weighted by atomic mass is 16.8. The third-order valence-corrected chi connectivity index (χ3v) is 3.82. The topological polar surface area (TPSA) is 101 Å². The fourth-order valence-electron chi connectivity index (χ4n) is 3.00. The van der Waals surface area contributed by atoms with Crippen LogP contribution >= 0.6 is 0 Å². The van der Waals surface area contributed by atoms with Crippen LogP contribution in [0.4, 0.5) is 5.82 Å². The quantitative estimate of drug-likeness (QED) is 0.811. The molecule has 0 aromatic carbocycles. The van der Waals surface area contributed by atoms with Crippen LogP contribution in [0.3, 0.4) is 0 Å². The van der Waals surface area contributed by atoms with Gasteiger partial charge in [-0.15, -0.1) is 0 Å². The van der Waals surface area contributed by atoms with Crippen molar-refractivity contribution in [3.05, 3.63) is 12.5 Å². The van der Waals surface area contributed by atoms with Crippen molar-refractivity contribution in [1.29, 1.82) is 0 Å². The number of hydrogen-bond donors (Lipinski definition) is 1. The summed E-state index contributed by atoms with van der Waals surface area (Å²) in [5.74, 6) is -0.890. The minimum absolute atomic E-state index is 0.0661. The Morgan fingerprint density at radius 2 is 2.04 bits per heavy atom. The Bertz CT molecular complexity index is 643. The number of hydrogen-bond acceptors (Lipinski definition) is 7. The number of fused-ring (bicyclic) bond motifs is 1. The van der Waals surface area contributed by atoms with Crippen LogP contribution < -0.4 is 5.32 Å². The maximum Gasteiger partial charge on any atom is 0.302 e. The Balaban J connectivity index is 1.84. The van der Waals surface area contributed by atoms with E-state index in [-0.39, 0.29) is 12.5 Å². The molecule has 1 aromatic heterocycles. The largest absolute Gasteiger partial charge is 0.463 e. The first kappa shape index (κ1) is 16.9. The van der Waals surface area contributed by atoms with E-state index in [0.29, 0.717) is 5.82 Å². The van der Waals surface area contributed by atoms with Gasteiger partial charge in [-0.05, 0) is 13.8 Å². The lowest BCUT2D eigenvalue weighted by Gasteiger charge is -2.25. The van der Waals surface area contributed by atoms with Gasteiger partial charge in [-0.3, -0.25) is 14.2 Å². The molecule has 0 aliphatic carbocycles. The number of rotatable bonds is 4. The molecule has 1 aromatic rings. The van der Waals surface area contributed by atoms with Crippen LogP contribution in [0.5, 0.6) is 0 Å². The van der Waals surface area contributed by atoms with Crippen LogP contribution in [0.2, 0.25) is 0 Å². The number of amides is 1. The SMILES string of the molecule is CC(=O)Nc1cncn1[C@@H]1O[C@H](COC(C)=O)[C@H]2OC(C)(C)O[C@H]21. The normalized spacial score (nSPS) is 30.8. The van der Waals surface area contributed by atoms with Crippen LogP contribution in [-0.4, -0.2) is 52.1 Å². The molecule has 0 bridgehead atoms. The monoisotopic (exact) mass is 339 g/mol. The summed E-state index contributed by atoms with van der Waals surface area (Å²) in [5, 5.41) is 2.70. The first-order valence-electron chi connectivity index (χ1n) is 7.71. The summed E-state index contributed by atoms with van der Waals surface area (Å²) < 4.78 is 24.6.